The second kappa shape index (κ2) is 11.6. The normalized spacial score (nSPS) is 14.7. The van der Waals surface area contributed by atoms with Gasteiger partial charge in [0.05, 0.1) is 18.7 Å². The van der Waals surface area contributed by atoms with Crippen LogP contribution in [0.4, 0.5) is 5.69 Å². The van der Waals surface area contributed by atoms with Gasteiger partial charge in [0.1, 0.15) is 11.5 Å². The van der Waals surface area contributed by atoms with Crippen LogP contribution in [0.2, 0.25) is 5.02 Å². The van der Waals surface area contributed by atoms with Crippen LogP contribution >= 0.6 is 11.6 Å². The van der Waals surface area contributed by atoms with Gasteiger partial charge in [-0.2, -0.15) is 0 Å². The third kappa shape index (κ3) is 6.28. The Morgan fingerprint density at radius 3 is 2.48 bits per heavy atom. The molecular weight excluding hydrogens is 410 g/mol. The van der Waals surface area contributed by atoms with Crippen molar-refractivity contribution in [2.75, 3.05) is 64.9 Å². The van der Waals surface area contributed by atoms with Crippen molar-refractivity contribution in [2.24, 2.45) is 0 Å². The molecule has 31 heavy (non-hydrogen) atoms. The summed E-state index contributed by atoms with van der Waals surface area (Å²) in [6.07, 6.45) is 2.09. The Kier molecular flexibility index (Phi) is 8.88. The summed E-state index contributed by atoms with van der Waals surface area (Å²) in [7, 11) is 3.63. The average molecular weight is 446 g/mol. The molecule has 3 rings (SSSR count). The number of ether oxygens (including phenoxy) is 2. The molecule has 5 nitrogen and oxygen atoms in total. The molecule has 2 aromatic rings. The van der Waals surface area contributed by atoms with E-state index in [1.54, 1.807) is 7.11 Å². The Balaban J connectivity index is 1.49. The lowest BCUT2D eigenvalue weighted by molar-refractivity contribution is 0.260. The van der Waals surface area contributed by atoms with Gasteiger partial charge in [-0.05, 0) is 75.2 Å². The molecule has 1 aliphatic heterocycles. The highest BCUT2D eigenvalue weighted by molar-refractivity contribution is 6.32. The predicted molar refractivity (Wildman–Crippen MR) is 130 cm³/mol. The van der Waals surface area contributed by atoms with Crippen LogP contribution in [-0.4, -0.2) is 64.9 Å². The number of methoxy groups -OCH3 is 1. The number of hydrogen-bond acceptors (Lipinski definition) is 5. The standard InChI is InChI=1S/C25H36ClN3O2/c1-19-20(2)24(31-17-5-11-27-3)9-6-21(19)10-12-28-13-15-29(16-14-28)22-7-8-23(26)25(18-22)30-4/h6-9,18,27H,5,10-17H2,1-4H3. The van der Waals surface area contributed by atoms with E-state index in [4.69, 9.17) is 21.1 Å². The zero-order valence-corrected chi connectivity index (χ0v) is 20.1. The number of rotatable bonds is 10. The van der Waals surface area contributed by atoms with Gasteiger partial charge in [-0.3, -0.25) is 4.90 Å². The molecule has 1 fully saturated rings. The number of hydrogen-bond donors (Lipinski definition) is 1. The van der Waals surface area contributed by atoms with E-state index in [0.717, 1.165) is 70.2 Å². The Bertz CT molecular complexity index is 851. The van der Waals surface area contributed by atoms with Gasteiger partial charge in [0.25, 0.3) is 0 Å². The molecule has 0 spiro atoms. The summed E-state index contributed by atoms with van der Waals surface area (Å²) in [6.45, 7) is 11.4. The monoisotopic (exact) mass is 445 g/mol. The Morgan fingerprint density at radius 2 is 1.77 bits per heavy atom. The van der Waals surface area contributed by atoms with Crippen molar-refractivity contribution in [2.45, 2.75) is 26.7 Å². The van der Waals surface area contributed by atoms with Crippen molar-refractivity contribution in [3.8, 4) is 11.5 Å². The van der Waals surface area contributed by atoms with Crippen molar-refractivity contribution in [3.63, 3.8) is 0 Å². The van der Waals surface area contributed by atoms with Crippen LogP contribution in [-0.2, 0) is 6.42 Å². The minimum atomic E-state index is 0.657. The largest absolute Gasteiger partial charge is 0.495 e. The highest BCUT2D eigenvalue weighted by atomic mass is 35.5. The van der Waals surface area contributed by atoms with E-state index in [9.17, 15) is 0 Å². The third-order valence-electron chi connectivity index (χ3n) is 6.25. The molecule has 0 radical (unpaired) electrons. The van der Waals surface area contributed by atoms with Gasteiger partial charge < -0.3 is 19.7 Å². The molecule has 6 heteroatoms. The molecular formula is C25H36ClN3O2. The molecule has 0 unspecified atom stereocenters. The molecule has 0 aromatic heterocycles. The SMILES string of the molecule is CNCCCOc1ccc(CCN2CCN(c3ccc(Cl)c(OC)c3)CC2)c(C)c1C. The second-order valence-electron chi connectivity index (χ2n) is 8.18. The minimum absolute atomic E-state index is 0.657. The fourth-order valence-electron chi connectivity index (χ4n) is 4.06. The molecule has 170 valence electrons. The lowest BCUT2D eigenvalue weighted by Crippen LogP contribution is -2.47. The summed E-state index contributed by atoms with van der Waals surface area (Å²) < 4.78 is 11.3. The summed E-state index contributed by atoms with van der Waals surface area (Å²) in [5.74, 6) is 1.76. The van der Waals surface area contributed by atoms with Crippen molar-refractivity contribution in [3.05, 3.63) is 52.0 Å². The average Bonchev–Trinajstić information content (AvgIpc) is 2.79. The lowest BCUT2D eigenvalue weighted by Gasteiger charge is -2.36. The van der Waals surface area contributed by atoms with Gasteiger partial charge in [-0.25, -0.2) is 0 Å². The fourth-order valence-corrected chi connectivity index (χ4v) is 4.26. The van der Waals surface area contributed by atoms with E-state index < -0.39 is 0 Å². The van der Waals surface area contributed by atoms with E-state index in [-0.39, 0.29) is 0 Å². The van der Waals surface area contributed by atoms with Crippen LogP contribution in [0.1, 0.15) is 23.1 Å². The third-order valence-corrected chi connectivity index (χ3v) is 6.56. The van der Waals surface area contributed by atoms with Gasteiger partial charge in [-0.15, -0.1) is 0 Å². The quantitative estimate of drug-likeness (QED) is 0.551. The number of nitrogens with one attached hydrogen (secondary N) is 1. The Morgan fingerprint density at radius 1 is 1.00 bits per heavy atom. The molecule has 1 heterocycles. The highest BCUT2D eigenvalue weighted by Crippen LogP contribution is 2.30. The first-order valence-corrected chi connectivity index (χ1v) is 11.6. The summed E-state index contributed by atoms with van der Waals surface area (Å²) in [6, 6.07) is 10.4. The maximum absolute atomic E-state index is 6.17. The first-order chi connectivity index (χ1) is 15.0. The fraction of sp³-hybridized carbons (Fsp3) is 0.520. The first-order valence-electron chi connectivity index (χ1n) is 11.2. The molecule has 0 aliphatic carbocycles. The van der Waals surface area contributed by atoms with Crippen molar-refractivity contribution >= 4 is 17.3 Å². The zero-order valence-electron chi connectivity index (χ0n) is 19.3. The number of anilines is 1. The number of benzene rings is 2. The molecule has 0 saturated carbocycles. The van der Waals surface area contributed by atoms with E-state index in [1.165, 1.54) is 22.4 Å². The van der Waals surface area contributed by atoms with E-state index in [1.807, 2.05) is 19.2 Å². The molecule has 0 bridgehead atoms. The molecule has 1 aliphatic rings. The first kappa shape index (κ1) is 23.7. The van der Waals surface area contributed by atoms with Crippen molar-refractivity contribution < 1.29 is 9.47 Å². The number of piperazine rings is 1. The topological polar surface area (TPSA) is 37.0 Å². The van der Waals surface area contributed by atoms with Crippen LogP contribution in [0.15, 0.2) is 30.3 Å². The molecule has 1 saturated heterocycles. The second-order valence-corrected chi connectivity index (χ2v) is 8.58. The minimum Gasteiger partial charge on any atom is -0.495 e. The van der Waals surface area contributed by atoms with Gasteiger partial charge in [0.15, 0.2) is 0 Å². The Hall–Kier alpha value is -1.95. The zero-order chi connectivity index (χ0) is 22.2. The van der Waals surface area contributed by atoms with Crippen LogP contribution in [0.3, 0.4) is 0 Å². The van der Waals surface area contributed by atoms with Crippen LogP contribution in [0.5, 0.6) is 11.5 Å². The smallest absolute Gasteiger partial charge is 0.139 e. The number of nitrogens with zero attached hydrogens (tertiary/aromatic N) is 2. The van der Waals surface area contributed by atoms with Crippen molar-refractivity contribution in [1.29, 1.82) is 0 Å². The van der Waals surface area contributed by atoms with Crippen molar-refractivity contribution in [1.82, 2.24) is 10.2 Å². The highest BCUT2D eigenvalue weighted by Gasteiger charge is 2.18. The Labute approximate surface area is 192 Å². The molecule has 0 atom stereocenters. The summed E-state index contributed by atoms with van der Waals surface area (Å²) in [4.78, 5) is 4.96. The number of halogens is 1. The van der Waals surface area contributed by atoms with E-state index >= 15 is 0 Å². The van der Waals surface area contributed by atoms with E-state index in [0.29, 0.717) is 5.02 Å². The van der Waals surface area contributed by atoms with Gasteiger partial charge >= 0.3 is 0 Å². The summed E-state index contributed by atoms with van der Waals surface area (Å²) >= 11 is 6.17. The van der Waals surface area contributed by atoms with Gasteiger partial charge in [0.2, 0.25) is 0 Å². The summed E-state index contributed by atoms with van der Waals surface area (Å²) in [5.41, 5.74) is 5.23. The van der Waals surface area contributed by atoms with E-state index in [2.05, 4.69) is 47.2 Å². The maximum Gasteiger partial charge on any atom is 0.139 e. The maximum atomic E-state index is 6.17. The van der Waals surface area contributed by atoms with Crippen LogP contribution < -0.4 is 19.7 Å². The lowest BCUT2D eigenvalue weighted by atomic mass is 9.99. The molecule has 1 N–H and O–H groups in total. The molecule has 2 aromatic carbocycles. The molecule has 0 amide bonds. The van der Waals surface area contributed by atoms with Gasteiger partial charge in [0, 0.05) is 44.5 Å². The van der Waals surface area contributed by atoms with Crippen LogP contribution in [0.25, 0.3) is 0 Å². The predicted octanol–water partition coefficient (Wildman–Crippen LogP) is 4.32. The summed E-state index contributed by atoms with van der Waals surface area (Å²) in [5, 5.41) is 3.82. The van der Waals surface area contributed by atoms with Gasteiger partial charge in [-0.1, -0.05) is 17.7 Å². The van der Waals surface area contributed by atoms with Crippen LogP contribution in [0, 0.1) is 13.8 Å².